The number of unbranched alkanes of at least 4 members (excludes halogenated alkanes) is 1. The van der Waals surface area contributed by atoms with E-state index in [4.69, 9.17) is 4.74 Å². The number of ether oxygens (including phenoxy) is 1. The number of nitrogens with zero attached hydrogens (tertiary/aromatic N) is 2. The van der Waals surface area contributed by atoms with Crippen LogP contribution in [-0.4, -0.2) is 57.3 Å². The molecular formula is C20H35IN4O. The van der Waals surface area contributed by atoms with E-state index in [2.05, 4.69) is 51.7 Å². The second kappa shape index (κ2) is 14.2. The number of benzene rings is 1. The normalized spacial score (nSPS) is 14.5. The number of aliphatic imine (C=N–C) groups is 1. The van der Waals surface area contributed by atoms with Crippen molar-refractivity contribution < 1.29 is 4.74 Å². The molecule has 0 saturated carbocycles. The maximum absolute atomic E-state index is 5.57. The molecule has 2 rings (SSSR count). The highest BCUT2D eigenvalue weighted by molar-refractivity contribution is 14.0. The Balaban J connectivity index is 0.00000338. The average Bonchev–Trinajstić information content (AvgIpc) is 2.65. The molecule has 0 fully saturated rings. The molecule has 0 spiro atoms. The zero-order chi connectivity index (χ0) is 17.7. The zero-order valence-electron chi connectivity index (χ0n) is 16.3. The summed E-state index contributed by atoms with van der Waals surface area (Å²) in [5, 5.41) is 6.76. The number of rotatable bonds is 10. The molecule has 1 heterocycles. The van der Waals surface area contributed by atoms with Crippen molar-refractivity contribution in [2.45, 2.75) is 39.2 Å². The topological polar surface area (TPSA) is 48.9 Å². The first-order valence-electron chi connectivity index (χ1n) is 9.65. The average molecular weight is 474 g/mol. The van der Waals surface area contributed by atoms with E-state index in [1.807, 2.05) is 7.05 Å². The lowest BCUT2D eigenvalue weighted by molar-refractivity contribution is 0.129. The summed E-state index contributed by atoms with van der Waals surface area (Å²) in [5.41, 5.74) is 2.98. The minimum Gasteiger partial charge on any atom is -0.381 e. The predicted molar refractivity (Wildman–Crippen MR) is 121 cm³/mol. The maximum atomic E-state index is 5.57. The molecule has 0 saturated heterocycles. The van der Waals surface area contributed by atoms with Gasteiger partial charge in [-0.25, -0.2) is 0 Å². The van der Waals surface area contributed by atoms with Crippen molar-refractivity contribution in [1.29, 1.82) is 0 Å². The molecule has 0 amide bonds. The molecular weight excluding hydrogens is 439 g/mol. The molecule has 0 unspecified atom stereocenters. The van der Waals surface area contributed by atoms with Crippen molar-refractivity contribution in [2.75, 3.05) is 46.4 Å². The van der Waals surface area contributed by atoms with Crippen LogP contribution in [0.5, 0.6) is 0 Å². The van der Waals surface area contributed by atoms with Gasteiger partial charge in [0.05, 0.1) is 0 Å². The first kappa shape index (κ1) is 23.2. The van der Waals surface area contributed by atoms with Gasteiger partial charge in [0, 0.05) is 53.0 Å². The Morgan fingerprint density at radius 3 is 2.62 bits per heavy atom. The molecule has 0 aliphatic carbocycles. The summed E-state index contributed by atoms with van der Waals surface area (Å²) < 4.78 is 5.57. The van der Waals surface area contributed by atoms with Crippen molar-refractivity contribution >= 4 is 29.9 Å². The number of guanidine groups is 1. The molecule has 0 bridgehead atoms. The lowest BCUT2D eigenvalue weighted by Gasteiger charge is -2.28. The first-order chi connectivity index (χ1) is 12.3. The van der Waals surface area contributed by atoms with Crippen LogP contribution in [0, 0.1) is 0 Å². The number of halogens is 1. The molecule has 1 aliphatic heterocycles. The number of hydrogen-bond acceptors (Lipinski definition) is 3. The highest BCUT2D eigenvalue weighted by atomic mass is 127. The van der Waals surface area contributed by atoms with Gasteiger partial charge < -0.3 is 15.4 Å². The standard InChI is InChI=1S/C20H34N4O.HI/c1-3-4-15-25-16-7-11-22-20(21-2)23-12-14-24-13-10-18-8-5-6-9-19(18)17-24;/h5-6,8-9H,3-4,7,10-17H2,1-2H3,(H2,21,22,23);1H. The second-order valence-corrected chi connectivity index (χ2v) is 6.54. The van der Waals surface area contributed by atoms with E-state index in [1.54, 1.807) is 0 Å². The number of hydrogen-bond donors (Lipinski definition) is 2. The summed E-state index contributed by atoms with van der Waals surface area (Å²) in [5.74, 6) is 0.881. The zero-order valence-corrected chi connectivity index (χ0v) is 18.6. The Hall–Kier alpha value is -0.860. The van der Waals surface area contributed by atoms with Crippen molar-refractivity contribution in [1.82, 2.24) is 15.5 Å². The van der Waals surface area contributed by atoms with Gasteiger partial charge in [-0.3, -0.25) is 9.89 Å². The van der Waals surface area contributed by atoms with Gasteiger partial charge in [0.15, 0.2) is 5.96 Å². The van der Waals surface area contributed by atoms with Gasteiger partial charge in [-0.2, -0.15) is 0 Å². The van der Waals surface area contributed by atoms with Crippen LogP contribution in [0.25, 0.3) is 0 Å². The largest absolute Gasteiger partial charge is 0.381 e. The molecule has 5 nitrogen and oxygen atoms in total. The third kappa shape index (κ3) is 8.68. The molecule has 6 heteroatoms. The molecule has 1 aromatic carbocycles. The minimum absolute atomic E-state index is 0. The fourth-order valence-corrected chi connectivity index (χ4v) is 3.03. The van der Waals surface area contributed by atoms with Gasteiger partial charge in [0.25, 0.3) is 0 Å². The predicted octanol–water partition coefficient (Wildman–Crippen LogP) is 3.03. The Morgan fingerprint density at radius 2 is 1.85 bits per heavy atom. The van der Waals surface area contributed by atoms with Crippen LogP contribution in [-0.2, 0) is 17.7 Å². The van der Waals surface area contributed by atoms with Gasteiger partial charge in [-0.05, 0) is 30.4 Å². The summed E-state index contributed by atoms with van der Waals surface area (Å²) in [4.78, 5) is 6.79. The lowest BCUT2D eigenvalue weighted by atomic mass is 10.00. The Morgan fingerprint density at radius 1 is 1.12 bits per heavy atom. The summed E-state index contributed by atoms with van der Waals surface area (Å²) in [6.45, 7) is 8.91. The van der Waals surface area contributed by atoms with E-state index >= 15 is 0 Å². The quantitative estimate of drug-likeness (QED) is 0.237. The Labute approximate surface area is 176 Å². The second-order valence-electron chi connectivity index (χ2n) is 6.54. The van der Waals surface area contributed by atoms with Crippen molar-refractivity contribution in [3.8, 4) is 0 Å². The first-order valence-corrected chi connectivity index (χ1v) is 9.65. The van der Waals surface area contributed by atoms with E-state index in [9.17, 15) is 0 Å². The van der Waals surface area contributed by atoms with Crippen LogP contribution in [0.15, 0.2) is 29.3 Å². The molecule has 2 N–H and O–H groups in total. The highest BCUT2D eigenvalue weighted by Gasteiger charge is 2.14. The third-order valence-corrected chi connectivity index (χ3v) is 4.55. The van der Waals surface area contributed by atoms with E-state index in [1.165, 1.54) is 17.5 Å². The van der Waals surface area contributed by atoms with Gasteiger partial charge in [-0.1, -0.05) is 37.6 Å². The van der Waals surface area contributed by atoms with E-state index in [-0.39, 0.29) is 24.0 Å². The van der Waals surface area contributed by atoms with Gasteiger partial charge >= 0.3 is 0 Å². The molecule has 0 atom stereocenters. The Kier molecular flexibility index (Phi) is 12.7. The van der Waals surface area contributed by atoms with Gasteiger partial charge in [-0.15, -0.1) is 24.0 Å². The third-order valence-electron chi connectivity index (χ3n) is 4.55. The monoisotopic (exact) mass is 474 g/mol. The summed E-state index contributed by atoms with van der Waals surface area (Å²) in [6, 6.07) is 8.78. The van der Waals surface area contributed by atoms with Crippen LogP contribution in [0.2, 0.25) is 0 Å². The maximum Gasteiger partial charge on any atom is 0.191 e. The summed E-state index contributed by atoms with van der Waals surface area (Å²) >= 11 is 0. The smallest absolute Gasteiger partial charge is 0.191 e. The van der Waals surface area contributed by atoms with Crippen molar-refractivity contribution in [3.63, 3.8) is 0 Å². The SMILES string of the molecule is CCCCOCCCNC(=NC)NCCN1CCc2ccccc2C1.I. The molecule has 148 valence electrons. The number of nitrogens with one attached hydrogen (secondary N) is 2. The highest BCUT2D eigenvalue weighted by Crippen LogP contribution is 2.17. The van der Waals surface area contributed by atoms with Crippen molar-refractivity contribution in [2.24, 2.45) is 4.99 Å². The number of fused-ring (bicyclic) bond motifs is 1. The summed E-state index contributed by atoms with van der Waals surface area (Å²) in [6.07, 6.45) is 4.50. The van der Waals surface area contributed by atoms with Crippen LogP contribution in [0.3, 0.4) is 0 Å². The van der Waals surface area contributed by atoms with Crippen molar-refractivity contribution in [3.05, 3.63) is 35.4 Å². The molecule has 0 radical (unpaired) electrons. The van der Waals surface area contributed by atoms with Crippen LogP contribution >= 0.6 is 24.0 Å². The lowest BCUT2D eigenvalue weighted by Crippen LogP contribution is -2.43. The van der Waals surface area contributed by atoms with Crippen LogP contribution in [0.1, 0.15) is 37.3 Å². The summed E-state index contributed by atoms with van der Waals surface area (Å²) in [7, 11) is 1.82. The van der Waals surface area contributed by atoms with Gasteiger partial charge in [0.2, 0.25) is 0 Å². The molecule has 0 aromatic heterocycles. The van der Waals surface area contributed by atoms with E-state index < -0.39 is 0 Å². The van der Waals surface area contributed by atoms with E-state index in [0.29, 0.717) is 0 Å². The Bertz CT molecular complexity index is 524. The van der Waals surface area contributed by atoms with Gasteiger partial charge in [0.1, 0.15) is 0 Å². The molecule has 26 heavy (non-hydrogen) atoms. The van der Waals surface area contributed by atoms with Crippen LogP contribution in [0.4, 0.5) is 0 Å². The molecule has 1 aromatic rings. The minimum atomic E-state index is 0. The van der Waals surface area contributed by atoms with Crippen LogP contribution < -0.4 is 10.6 Å². The molecule has 1 aliphatic rings. The fraction of sp³-hybridized carbons (Fsp3) is 0.650. The van der Waals surface area contributed by atoms with E-state index in [0.717, 1.165) is 71.2 Å². The fourth-order valence-electron chi connectivity index (χ4n) is 3.03.